The summed E-state index contributed by atoms with van der Waals surface area (Å²) in [4.78, 5) is 15.0. The van der Waals surface area contributed by atoms with Crippen LogP contribution in [-0.4, -0.2) is 44.9 Å². The lowest BCUT2D eigenvalue weighted by molar-refractivity contribution is -0.121. The van der Waals surface area contributed by atoms with Gasteiger partial charge in [0.2, 0.25) is 15.9 Å². The van der Waals surface area contributed by atoms with Crippen molar-refractivity contribution in [1.29, 1.82) is 0 Å². The number of nitrogens with zero attached hydrogens (tertiary/aromatic N) is 1. The minimum absolute atomic E-state index is 0.0910. The van der Waals surface area contributed by atoms with Crippen molar-refractivity contribution in [1.82, 2.24) is 14.9 Å². The molecule has 0 aromatic heterocycles. The van der Waals surface area contributed by atoms with Gasteiger partial charge in [-0.2, -0.15) is 0 Å². The van der Waals surface area contributed by atoms with E-state index in [2.05, 4.69) is 46.1 Å². The molecule has 0 atom stereocenters. The zero-order valence-corrected chi connectivity index (χ0v) is 19.5. The largest absolute Gasteiger partial charge is 0.353 e. The predicted octanol–water partition coefficient (Wildman–Crippen LogP) is 3.06. The fraction of sp³-hybridized carbons (Fsp3) is 0.458. The molecule has 1 fully saturated rings. The fourth-order valence-electron chi connectivity index (χ4n) is 3.98. The van der Waals surface area contributed by atoms with Gasteiger partial charge in [-0.25, -0.2) is 13.1 Å². The molecule has 168 valence electrons. The maximum atomic E-state index is 12.5. The molecule has 3 rings (SSSR count). The third-order valence-corrected chi connectivity index (χ3v) is 7.32. The number of carbonyl (C=O) groups excluding carboxylic acids is 1. The summed E-state index contributed by atoms with van der Waals surface area (Å²) < 4.78 is 27.6. The number of hydrogen-bond acceptors (Lipinski definition) is 4. The van der Waals surface area contributed by atoms with Crippen LogP contribution < -0.4 is 10.0 Å². The average molecular weight is 444 g/mol. The van der Waals surface area contributed by atoms with Gasteiger partial charge in [0.1, 0.15) is 0 Å². The summed E-state index contributed by atoms with van der Waals surface area (Å²) in [6.07, 6.45) is 1.95. The number of amides is 1. The Labute approximate surface area is 186 Å². The number of likely N-dealkylation sites (tertiary alicyclic amines) is 1. The first-order valence-electron chi connectivity index (χ1n) is 10.9. The molecule has 1 heterocycles. The van der Waals surface area contributed by atoms with E-state index in [1.165, 1.54) is 11.1 Å². The molecule has 7 heteroatoms. The second kappa shape index (κ2) is 10.4. The Kier molecular flexibility index (Phi) is 7.86. The van der Waals surface area contributed by atoms with Crippen molar-refractivity contribution >= 4 is 15.9 Å². The maximum Gasteiger partial charge on any atom is 0.240 e. The van der Waals surface area contributed by atoms with Crippen LogP contribution >= 0.6 is 0 Å². The van der Waals surface area contributed by atoms with Gasteiger partial charge in [0, 0.05) is 38.6 Å². The van der Waals surface area contributed by atoms with E-state index in [0.29, 0.717) is 5.56 Å². The number of benzene rings is 2. The highest BCUT2D eigenvalue weighted by molar-refractivity contribution is 7.89. The molecule has 2 N–H and O–H groups in total. The average Bonchev–Trinajstić information content (AvgIpc) is 2.71. The molecule has 0 spiro atoms. The lowest BCUT2D eigenvalue weighted by Gasteiger charge is -2.32. The van der Waals surface area contributed by atoms with Crippen molar-refractivity contribution < 1.29 is 13.2 Å². The zero-order chi connectivity index (χ0) is 22.4. The van der Waals surface area contributed by atoms with Crippen molar-refractivity contribution in [3.8, 4) is 0 Å². The van der Waals surface area contributed by atoms with E-state index in [-0.39, 0.29) is 29.8 Å². The van der Waals surface area contributed by atoms with Crippen molar-refractivity contribution in [3.63, 3.8) is 0 Å². The second-order valence-corrected chi connectivity index (χ2v) is 10.3. The summed E-state index contributed by atoms with van der Waals surface area (Å²) in [6, 6.07) is 14.0. The van der Waals surface area contributed by atoms with Crippen molar-refractivity contribution in [2.24, 2.45) is 0 Å². The lowest BCUT2D eigenvalue weighted by Crippen LogP contribution is -2.45. The van der Waals surface area contributed by atoms with Gasteiger partial charge in [-0.3, -0.25) is 9.69 Å². The van der Waals surface area contributed by atoms with Gasteiger partial charge < -0.3 is 5.32 Å². The Morgan fingerprint density at radius 3 is 2.45 bits per heavy atom. The van der Waals surface area contributed by atoms with E-state index in [0.717, 1.165) is 38.0 Å². The molecule has 1 aliphatic heterocycles. The number of hydrogen-bond donors (Lipinski definition) is 2. The van der Waals surface area contributed by atoms with Crippen LogP contribution in [-0.2, 0) is 21.4 Å². The number of rotatable bonds is 8. The predicted molar refractivity (Wildman–Crippen MR) is 123 cm³/mol. The molecule has 31 heavy (non-hydrogen) atoms. The molecular formula is C24H33N3O3S. The Morgan fingerprint density at radius 2 is 1.74 bits per heavy atom. The van der Waals surface area contributed by atoms with Crippen LogP contribution in [0.25, 0.3) is 0 Å². The molecule has 6 nitrogen and oxygen atoms in total. The first kappa shape index (κ1) is 23.4. The normalized spacial score (nSPS) is 15.7. The summed E-state index contributed by atoms with van der Waals surface area (Å²) in [6.45, 7) is 8.64. The molecule has 2 aromatic carbocycles. The highest BCUT2D eigenvalue weighted by Crippen LogP contribution is 2.17. The smallest absolute Gasteiger partial charge is 0.240 e. The van der Waals surface area contributed by atoms with Crippen LogP contribution in [0.2, 0.25) is 0 Å². The van der Waals surface area contributed by atoms with E-state index in [1.807, 2.05) is 13.0 Å². The van der Waals surface area contributed by atoms with E-state index < -0.39 is 10.0 Å². The topological polar surface area (TPSA) is 78.5 Å². The molecule has 0 bridgehead atoms. The number of sulfonamides is 1. The molecular weight excluding hydrogens is 410 g/mol. The molecule has 0 unspecified atom stereocenters. The van der Waals surface area contributed by atoms with Crippen LogP contribution in [0.4, 0.5) is 0 Å². The van der Waals surface area contributed by atoms with E-state index >= 15 is 0 Å². The minimum atomic E-state index is -3.62. The number of aryl methyl sites for hydroxylation is 3. The van der Waals surface area contributed by atoms with Crippen molar-refractivity contribution in [2.75, 3.05) is 19.6 Å². The highest BCUT2D eigenvalue weighted by atomic mass is 32.2. The van der Waals surface area contributed by atoms with Crippen molar-refractivity contribution in [3.05, 3.63) is 64.7 Å². The van der Waals surface area contributed by atoms with Crippen LogP contribution in [0.15, 0.2) is 47.4 Å². The molecule has 0 radical (unpaired) electrons. The number of nitrogens with one attached hydrogen (secondary N) is 2. The second-order valence-electron chi connectivity index (χ2n) is 8.52. The van der Waals surface area contributed by atoms with E-state index in [4.69, 9.17) is 0 Å². The molecule has 1 saturated heterocycles. The van der Waals surface area contributed by atoms with Gasteiger partial charge in [0.25, 0.3) is 0 Å². The van der Waals surface area contributed by atoms with Gasteiger partial charge in [-0.15, -0.1) is 0 Å². The SMILES string of the molecule is Cc1cccc(CN2CCC(NC(=O)CCNS(=O)(=O)c3cc(C)ccc3C)CC2)c1. The van der Waals surface area contributed by atoms with Gasteiger partial charge in [0.15, 0.2) is 0 Å². The third kappa shape index (κ3) is 6.89. The summed E-state index contributed by atoms with van der Waals surface area (Å²) in [5, 5.41) is 3.06. The van der Waals surface area contributed by atoms with Crippen LogP contribution in [0.3, 0.4) is 0 Å². The maximum absolute atomic E-state index is 12.5. The summed E-state index contributed by atoms with van der Waals surface area (Å²) in [5.74, 6) is -0.110. The Hall–Kier alpha value is -2.22. The fourth-order valence-corrected chi connectivity index (χ4v) is 5.34. The minimum Gasteiger partial charge on any atom is -0.353 e. The van der Waals surface area contributed by atoms with Crippen LogP contribution in [0.5, 0.6) is 0 Å². The van der Waals surface area contributed by atoms with Crippen molar-refractivity contribution in [2.45, 2.75) is 57.5 Å². The van der Waals surface area contributed by atoms with Gasteiger partial charge in [0.05, 0.1) is 4.90 Å². The Balaban J connectivity index is 1.40. The summed E-state index contributed by atoms with van der Waals surface area (Å²) in [7, 11) is -3.62. The van der Waals surface area contributed by atoms with E-state index in [9.17, 15) is 13.2 Å². The highest BCUT2D eigenvalue weighted by Gasteiger charge is 2.21. The monoisotopic (exact) mass is 443 g/mol. The molecule has 1 aliphatic rings. The quantitative estimate of drug-likeness (QED) is 0.657. The number of piperidine rings is 1. The van der Waals surface area contributed by atoms with Crippen LogP contribution in [0, 0.1) is 20.8 Å². The molecule has 2 aromatic rings. The lowest BCUT2D eigenvalue weighted by atomic mass is 10.0. The zero-order valence-electron chi connectivity index (χ0n) is 18.6. The molecule has 0 saturated carbocycles. The third-order valence-electron chi connectivity index (χ3n) is 5.72. The number of carbonyl (C=O) groups is 1. The summed E-state index contributed by atoms with van der Waals surface area (Å²) >= 11 is 0. The summed E-state index contributed by atoms with van der Waals surface area (Å²) in [5.41, 5.74) is 4.17. The first-order chi connectivity index (χ1) is 14.7. The van der Waals surface area contributed by atoms with E-state index in [1.54, 1.807) is 19.1 Å². The van der Waals surface area contributed by atoms with Crippen LogP contribution in [0.1, 0.15) is 41.5 Å². The van der Waals surface area contributed by atoms with Gasteiger partial charge >= 0.3 is 0 Å². The standard InChI is InChI=1S/C24H33N3O3S/c1-18-5-4-6-21(15-18)17-27-13-10-22(11-14-27)26-24(28)9-12-25-31(29,30)23-16-19(2)7-8-20(23)3/h4-8,15-16,22,25H,9-14,17H2,1-3H3,(H,26,28). The van der Waals surface area contributed by atoms with Gasteiger partial charge in [-0.1, -0.05) is 42.0 Å². The Bertz CT molecular complexity index is 1010. The Morgan fingerprint density at radius 1 is 1.03 bits per heavy atom. The van der Waals surface area contributed by atoms with Gasteiger partial charge in [-0.05, 0) is 56.4 Å². The molecule has 0 aliphatic carbocycles. The first-order valence-corrected chi connectivity index (χ1v) is 12.4. The molecule has 1 amide bonds.